The van der Waals surface area contributed by atoms with Gasteiger partial charge in [-0.25, -0.2) is 4.98 Å². The molecule has 6 nitrogen and oxygen atoms in total. The quantitative estimate of drug-likeness (QED) is 0.512. The van der Waals surface area contributed by atoms with Crippen LogP contribution >= 0.6 is 11.3 Å². The number of aromatic amines is 1. The number of nitrogens with two attached hydrogens (primary N) is 1. The maximum Gasteiger partial charge on any atom is 0.252 e. The summed E-state index contributed by atoms with van der Waals surface area (Å²) >= 11 is 1.50. The number of para-hydroxylation sites is 1. The topological polar surface area (TPSA) is 95.2 Å². The van der Waals surface area contributed by atoms with E-state index in [0.29, 0.717) is 0 Å². The first-order chi connectivity index (χ1) is 12.5. The minimum Gasteiger partial charge on any atom is -0.507 e. The molecule has 26 heavy (non-hydrogen) atoms. The fourth-order valence-electron chi connectivity index (χ4n) is 2.88. The van der Waals surface area contributed by atoms with Gasteiger partial charge in [0.1, 0.15) is 5.75 Å². The van der Waals surface area contributed by atoms with E-state index in [9.17, 15) is 9.90 Å². The van der Waals surface area contributed by atoms with E-state index in [1.807, 2.05) is 41.7 Å². The van der Waals surface area contributed by atoms with Gasteiger partial charge < -0.3 is 20.7 Å². The molecule has 0 spiro atoms. The molecule has 7 heteroatoms. The van der Waals surface area contributed by atoms with Crippen LogP contribution in [0.3, 0.4) is 0 Å². The van der Waals surface area contributed by atoms with Crippen molar-refractivity contribution in [3.63, 3.8) is 0 Å². The van der Waals surface area contributed by atoms with Gasteiger partial charge in [-0.15, -0.1) is 11.3 Å². The van der Waals surface area contributed by atoms with E-state index >= 15 is 0 Å². The zero-order chi connectivity index (χ0) is 18.3. The van der Waals surface area contributed by atoms with Crippen LogP contribution in [-0.2, 0) is 0 Å². The Morgan fingerprint density at radius 1 is 1.27 bits per heavy atom. The van der Waals surface area contributed by atoms with Crippen LogP contribution in [0.5, 0.6) is 5.75 Å². The van der Waals surface area contributed by atoms with E-state index in [1.165, 1.54) is 17.4 Å². The van der Waals surface area contributed by atoms with E-state index in [4.69, 9.17) is 5.73 Å². The number of carbonyl (C=O) groups excluding carboxylic acids is 1. The van der Waals surface area contributed by atoms with Gasteiger partial charge in [-0.2, -0.15) is 0 Å². The summed E-state index contributed by atoms with van der Waals surface area (Å²) in [5.74, 6) is -0.802. The molecule has 0 saturated carbocycles. The zero-order valence-corrected chi connectivity index (χ0v) is 14.7. The van der Waals surface area contributed by atoms with Gasteiger partial charge in [0.2, 0.25) is 0 Å². The van der Waals surface area contributed by atoms with Gasteiger partial charge >= 0.3 is 0 Å². The van der Waals surface area contributed by atoms with Crippen molar-refractivity contribution in [2.45, 2.75) is 0 Å². The molecular formula is C19H16N4O2S. The minimum absolute atomic E-state index is 0.0852. The summed E-state index contributed by atoms with van der Waals surface area (Å²) in [6.07, 6.45) is 1.96. The monoisotopic (exact) mass is 364 g/mol. The average Bonchev–Trinajstić information content (AvgIpc) is 3.29. The number of fused-ring (bicyclic) bond motifs is 1. The Labute approximate surface area is 153 Å². The number of phenols is 1. The molecule has 2 heterocycles. The van der Waals surface area contributed by atoms with Crippen molar-refractivity contribution < 1.29 is 9.90 Å². The van der Waals surface area contributed by atoms with Crippen LogP contribution in [0.15, 0.2) is 54.0 Å². The van der Waals surface area contributed by atoms with Crippen LogP contribution in [0.4, 0.5) is 10.8 Å². The number of carbonyl (C=O) groups is 1. The number of aromatic hydroxyl groups is 1. The first kappa shape index (κ1) is 16.2. The van der Waals surface area contributed by atoms with Crippen LogP contribution in [0.1, 0.15) is 10.4 Å². The Kier molecular flexibility index (Phi) is 3.85. The first-order valence-corrected chi connectivity index (χ1v) is 8.81. The van der Waals surface area contributed by atoms with E-state index in [0.717, 1.165) is 33.0 Å². The van der Waals surface area contributed by atoms with Crippen molar-refractivity contribution >= 4 is 39.0 Å². The Hall–Kier alpha value is -3.32. The smallest absolute Gasteiger partial charge is 0.252 e. The zero-order valence-electron chi connectivity index (χ0n) is 13.9. The predicted octanol–water partition coefficient (Wildman–Crippen LogP) is 3.86. The number of primary amides is 1. The van der Waals surface area contributed by atoms with Crippen LogP contribution < -0.4 is 10.6 Å². The highest BCUT2D eigenvalue weighted by Crippen LogP contribution is 2.35. The molecular weight excluding hydrogens is 348 g/mol. The molecule has 0 aliphatic heterocycles. The third-order valence-electron chi connectivity index (χ3n) is 4.27. The van der Waals surface area contributed by atoms with Gasteiger partial charge in [0.25, 0.3) is 5.91 Å². The Morgan fingerprint density at radius 2 is 2.08 bits per heavy atom. The predicted molar refractivity (Wildman–Crippen MR) is 104 cm³/mol. The van der Waals surface area contributed by atoms with E-state index in [1.54, 1.807) is 12.1 Å². The third-order valence-corrected chi connectivity index (χ3v) is 5.18. The lowest BCUT2D eigenvalue weighted by Gasteiger charge is -2.14. The van der Waals surface area contributed by atoms with Crippen molar-refractivity contribution in [3.05, 3.63) is 59.6 Å². The number of aromatic nitrogens is 2. The number of rotatable bonds is 4. The molecule has 0 bridgehead atoms. The summed E-state index contributed by atoms with van der Waals surface area (Å²) in [6.45, 7) is 0. The molecule has 4 aromatic rings. The summed E-state index contributed by atoms with van der Waals surface area (Å²) in [7, 11) is 1.96. The summed E-state index contributed by atoms with van der Waals surface area (Å²) in [4.78, 5) is 21.4. The summed E-state index contributed by atoms with van der Waals surface area (Å²) in [5, 5.41) is 13.6. The second-order valence-corrected chi connectivity index (χ2v) is 6.73. The molecule has 0 unspecified atom stereocenters. The van der Waals surface area contributed by atoms with Crippen LogP contribution in [-0.4, -0.2) is 28.0 Å². The highest BCUT2D eigenvalue weighted by molar-refractivity contribution is 7.14. The molecule has 0 saturated heterocycles. The standard InChI is InChI=1S/C19H16N4O2S/c1-23(16-9-21-14-5-3-2-4-12(14)16)19-22-15(10-26-19)11-6-7-17(24)13(8-11)18(20)25/h2-10,21,24H,1H3,(H2,20,25). The summed E-state index contributed by atoms with van der Waals surface area (Å²) < 4.78 is 0. The lowest BCUT2D eigenvalue weighted by atomic mass is 10.1. The number of nitrogens with zero attached hydrogens (tertiary/aromatic N) is 2. The molecule has 0 fully saturated rings. The molecule has 0 radical (unpaired) electrons. The fraction of sp³-hybridized carbons (Fsp3) is 0.0526. The fourth-order valence-corrected chi connectivity index (χ4v) is 3.69. The molecule has 4 N–H and O–H groups in total. The largest absolute Gasteiger partial charge is 0.507 e. The molecule has 0 atom stereocenters. The lowest BCUT2D eigenvalue weighted by Crippen LogP contribution is -2.11. The lowest BCUT2D eigenvalue weighted by molar-refractivity contribution is 0.0998. The molecule has 0 aliphatic rings. The second-order valence-electron chi connectivity index (χ2n) is 5.89. The average molecular weight is 364 g/mol. The number of benzene rings is 2. The third kappa shape index (κ3) is 2.68. The Morgan fingerprint density at radius 3 is 2.88 bits per heavy atom. The highest BCUT2D eigenvalue weighted by atomic mass is 32.1. The van der Waals surface area contributed by atoms with E-state index in [-0.39, 0.29) is 11.3 Å². The molecule has 2 aromatic carbocycles. The number of nitrogens with one attached hydrogen (secondary N) is 1. The van der Waals surface area contributed by atoms with Gasteiger partial charge in [-0.05, 0) is 24.3 Å². The van der Waals surface area contributed by atoms with Crippen molar-refractivity contribution in [2.24, 2.45) is 5.73 Å². The van der Waals surface area contributed by atoms with Crippen molar-refractivity contribution in [1.29, 1.82) is 0 Å². The number of amides is 1. The second kappa shape index (κ2) is 6.20. The molecule has 1 amide bonds. The van der Waals surface area contributed by atoms with Crippen LogP contribution in [0, 0.1) is 0 Å². The van der Waals surface area contributed by atoms with Gasteiger partial charge in [0.05, 0.1) is 16.9 Å². The maximum atomic E-state index is 11.4. The van der Waals surface area contributed by atoms with E-state index in [2.05, 4.69) is 16.0 Å². The van der Waals surface area contributed by atoms with Crippen molar-refractivity contribution in [3.8, 4) is 17.0 Å². The van der Waals surface area contributed by atoms with Crippen LogP contribution in [0.25, 0.3) is 22.2 Å². The molecule has 130 valence electrons. The van der Waals surface area contributed by atoms with Crippen molar-refractivity contribution in [2.75, 3.05) is 11.9 Å². The van der Waals surface area contributed by atoms with Gasteiger partial charge in [0.15, 0.2) is 5.13 Å². The Balaban J connectivity index is 1.70. The SMILES string of the molecule is CN(c1nc(-c2ccc(O)c(C(N)=O)c2)cs1)c1c[nH]c2ccccc12. The maximum absolute atomic E-state index is 11.4. The Bertz CT molecular complexity index is 1120. The van der Waals surface area contributed by atoms with Gasteiger partial charge in [0, 0.05) is 35.1 Å². The van der Waals surface area contributed by atoms with E-state index < -0.39 is 5.91 Å². The summed E-state index contributed by atoms with van der Waals surface area (Å²) in [6, 6.07) is 12.8. The number of anilines is 2. The molecule has 0 aliphatic carbocycles. The van der Waals surface area contributed by atoms with Gasteiger partial charge in [-0.1, -0.05) is 18.2 Å². The summed E-state index contributed by atoms with van der Waals surface area (Å²) in [5.41, 5.74) is 8.94. The molecule has 2 aromatic heterocycles. The number of hydrogen-bond acceptors (Lipinski definition) is 5. The number of thiazole rings is 1. The van der Waals surface area contributed by atoms with Crippen molar-refractivity contribution in [1.82, 2.24) is 9.97 Å². The number of hydrogen-bond donors (Lipinski definition) is 3. The van der Waals surface area contributed by atoms with Crippen LogP contribution in [0.2, 0.25) is 0 Å². The molecule has 4 rings (SSSR count). The minimum atomic E-state index is -0.671. The normalized spacial score (nSPS) is 11.0. The first-order valence-electron chi connectivity index (χ1n) is 7.93. The highest BCUT2D eigenvalue weighted by Gasteiger charge is 2.15. The van der Waals surface area contributed by atoms with Gasteiger partial charge in [-0.3, -0.25) is 4.79 Å². The number of H-pyrrole nitrogens is 1.